The maximum absolute atomic E-state index is 12.6. The van der Waals surface area contributed by atoms with E-state index in [9.17, 15) is 4.79 Å². The Labute approximate surface area is 159 Å². The first-order valence-electron chi connectivity index (χ1n) is 8.92. The first-order valence-corrected chi connectivity index (χ1v) is 8.92. The number of methoxy groups -OCH3 is 1. The minimum Gasteiger partial charge on any atom is -0.380 e. The molecular formula is C19H26N6O2. The van der Waals surface area contributed by atoms with Crippen LogP contribution in [0.4, 0.5) is 5.69 Å². The second-order valence-electron chi connectivity index (χ2n) is 6.49. The fraction of sp³-hybridized carbons (Fsp3) is 0.421. The van der Waals surface area contributed by atoms with E-state index >= 15 is 0 Å². The first-order chi connectivity index (χ1) is 13.1. The summed E-state index contributed by atoms with van der Waals surface area (Å²) in [7, 11) is 5.27. The third-order valence-electron chi connectivity index (χ3n) is 4.49. The maximum Gasteiger partial charge on any atom is 0.246 e. The molecule has 144 valence electrons. The lowest BCUT2D eigenvalue weighted by Gasteiger charge is -2.35. The van der Waals surface area contributed by atoms with Gasteiger partial charge in [-0.2, -0.15) is 5.10 Å². The van der Waals surface area contributed by atoms with E-state index < -0.39 is 0 Å². The van der Waals surface area contributed by atoms with Gasteiger partial charge in [0.25, 0.3) is 0 Å². The molecule has 0 unspecified atom stereocenters. The van der Waals surface area contributed by atoms with Gasteiger partial charge >= 0.3 is 0 Å². The Morgan fingerprint density at radius 3 is 2.81 bits per heavy atom. The quantitative estimate of drug-likeness (QED) is 0.628. The lowest BCUT2D eigenvalue weighted by molar-refractivity contribution is -0.120. The standard InChI is InChI=1S/C19H26N6O2/c1-20-19(21-10-15-5-4-6-16(9-15)14-27-3)24-7-8-25(18(26)13-24)17-11-22-23(2)12-17/h4-6,9,11-12H,7-8,10,13-14H2,1-3H3,(H,20,21). The van der Waals surface area contributed by atoms with E-state index in [1.165, 1.54) is 0 Å². The molecule has 1 N–H and O–H groups in total. The molecular weight excluding hydrogens is 344 g/mol. The molecule has 2 heterocycles. The van der Waals surface area contributed by atoms with Gasteiger partial charge in [-0.15, -0.1) is 0 Å². The maximum atomic E-state index is 12.6. The van der Waals surface area contributed by atoms with Crippen molar-refractivity contribution >= 4 is 17.6 Å². The number of ether oxygens (including phenoxy) is 1. The molecule has 8 heteroatoms. The van der Waals surface area contributed by atoms with E-state index in [1.54, 1.807) is 29.9 Å². The number of nitrogens with one attached hydrogen (secondary N) is 1. The molecule has 1 fully saturated rings. The number of guanidine groups is 1. The molecule has 8 nitrogen and oxygen atoms in total. The number of hydrogen-bond donors (Lipinski definition) is 1. The molecule has 1 aromatic carbocycles. The molecule has 1 aliphatic heterocycles. The number of rotatable bonds is 5. The zero-order valence-corrected chi connectivity index (χ0v) is 16.1. The van der Waals surface area contributed by atoms with Gasteiger partial charge in [-0.3, -0.25) is 14.5 Å². The second kappa shape index (κ2) is 8.68. The Bertz CT molecular complexity index is 816. The van der Waals surface area contributed by atoms with Crippen LogP contribution in [0.25, 0.3) is 0 Å². The van der Waals surface area contributed by atoms with Crippen LogP contribution in [0.2, 0.25) is 0 Å². The number of aliphatic imine (C=N–C) groups is 1. The summed E-state index contributed by atoms with van der Waals surface area (Å²) in [5, 5.41) is 7.50. The van der Waals surface area contributed by atoms with Gasteiger partial charge in [-0.25, -0.2) is 0 Å². The molecule has 1 aromatic heterocycles. The normalized spacial score (nSPS) is 15.4. The van der Waals surface area contributed by atoms with Gasteiger partial charge in [-0.1, -0.05) is 24.3 Å². The molecule has 1 amide bonds. The summed E-state index contributed by atoms with van der Waals surface area (Å²) < 4.78 is 6.89. The molecule has 0 bridgehead atoms. The van der Waals surface area contributed by atoms with Crippen molar-refractivity contribution in [2.45, 2.75) is 13.2 Å². The SMILES string of the molecule is CN=C(NCc1cccc(COC)c1)N1CCN(c2cnn(C)c2)C(=O)C1. The fourth-order valence-electron chi connectivity index (χ4n) is 3.18. The number of carbonyl (C=O) groups excluding carboxylic acids is 1. The van der Waals surface area contributed by atoms with Gasteiger partial charge in [0, 0.05) is 47.0 Å². The summed E-state index contributed by atoms with van der Waals surface area (Å²) in [6.45, 7) is 2.84. The zero-order chi connectivity index (χ0) is 19.2. The van der Waals surface area contributed by atoms with Crippen LogP contribution >= 0.6 is 0 Å². The third-order valence-corrected chi connectivity index (χ3v) is 4.49. The van der Waals surface area contributed by atoms with Crippen molar-refractivity contribution in [3.8, 4) is 0 Å². The van der Waals surface area contributed by atoms with Gasteiger partial charge in [0.1, 0.15) is 6.54 Å². The summed E-state index contributed by atoms with van der Waals surface area (Å²) in [6, 6.07) is 8.22. The van der Waals surface area contributed by atoms with Crippen molar-refractivity contribution in [1.82, 2.24) is 20.0 Å². The number of nitrogens with zero attached hydrogens (tertiary/aromatic N) is 5. The van der Waals surface area contributed by atoms with Crippen LogP contribution in [-0.2, 0) is 29.7 Å². The fourth-order valence-corrected chi connectivity index (χ4v) is 3.18. The van der Waals surface area contributed by atoms with Gasteiger partial charge in [0.2, 0.25) is 5.91 Å². The number of anilines is 1. The molecule has 0 atom stereocenters. The third kappa shape index (κ3) is 4.65. The Kier molecular flexibility index (Phi) is 6.08. The first kappa shape index (κ1) is 18.9. The smallest absolute Gasteiger partial charge is 0.246 e. The Balaban J connectivity index is 1.59. The predicted molar refractivity (Wildman–Crippen MR) is 104 cm³/mol. The minimum absolute atomic E-state index is 0.0410. The number of amides is 1. The molecule has 1 saturated heterocycles. The van der Waals surface area contributed by atoms with E-state index in [0.29, 0.717) is 26.2 Å². The lowest BCUT2D eigenvalue weighted by atomic mass is 10.1. The number of hydrogen-bond acceptors (Lipinski definition) is 4. The number of piperazine rings is 1. The van der Waals surface area contributed by atoms with Crippen molar-refractivity contribution in [1.29, 1.82) is 0 Å². The van der Waals surface area contributed by atoms with Gasteiger partial charge < -0.3 is 19.9 Å². The van der Waals surface area contributed by atoms with E-state index in [0.717, 1.165) is 22.8 Å². The molecule has 0 spiro atoms. The highest BCUT2D eigenvalue weighted by Gasteiger charge is 2.27. The molecule has 1 aliphatic rings. The summed E-state index contributed by atoms with van der Waals surface area (Å²) in [4.78, 5) is 20.7. The number of aromatic nitrogens is 2. The summed E-state index contributed by atoms with van der Waals surface area (Å²) in [6.07, 6.45) is 3.57. The highest BCUT2D eigenvalue weighted by Crippen LogP contribution is 2.16. The van der Waals surface area contributed by atoms with Gasteiger partial charge in [0.05, 0.1) is 18.5 Å². The van der Waals surface area contributed by atoms with Crippen molar-refractivity contribution in [2.75, 3.05) is 38.7 Å². The van der Waals surface area contributed by atoms with Crippen LogP contribution < -0.4 is 10.2 Å². The van der Waals surface area contributed by atoms with Crippen LogP contribution in [-0.4, -0.2) is 60.3 Å². The molecule has 3 rings (SSSR count). The Morgan fingerprint density at radius 2 is 2.15 bits per heavy atom. The van der Waals surface area contributed by atoms with Crippen LogP contribution in [0.5, 0.6) is 0 Å². The summed E-state index contributed by atoms with van der Waals surface area (Å²) >= 11 is 0. The Hall–Kier alpha value is -2.87. The highest BCUT2D eigenvalue weighted by molar-refractivity contribution is 5.98. The van der Waals surface area contributed by atoms with Gasteiger partial charge in [-0.05, 0) is 11.1 Å². The minimum atomic E-state index is 0.0410. The average molecular weight is 370 g/mol. The molecule has 0 radical (unpaired) electrons. The monoisotopic (exact) mass is 370 g/mol. The molecule has 27 heavy (non-hydrogen) atoms. The topological polar surface area (TPSA) is 75.0 Å². The largest absolute Gasteiger partial charge is 0.380 e. The van der Waals surface area contributed by atoms with Crippen LogP contribution in [0.15, 0.2) is 41.7 Å². The summed E-state index contributed by atoms with van der Waals surface area (Å²) in [5.74, 6) is 0.769. The van der Waals surface area contributed by atoms with Crippen molar-refractivity contribution in [3.05, 3.63) is 47.8 Å². The second-order valence-corrected chi connectivity index (χ2v) is 6.49. The average Bonchev–Trinajstić information content (AvgIpc) is 3.09. The lowest BCUT2D eigenvalue weighted by Crippen LogP contribution is -2.55. The highest BCUT2D eigenvalue weighted by atomic mass is 16.5. The van der Waals surface area contributed by atoms with E-state index in [-0.39, 0.29) is 12.5 Å². The number of aryl methyl sites for hydroxylation is 1. The van der Waals surface area contributed by atoms with Crippen molar-refractivity contribution < 1.29 is 9.53 Å². The molecule has 0 saturated carbocycles. The van der Waals surface area contributed by atoms with E-state index in [1.807, 2.05) is 30.3 Å². The molecule has 0 aliphatic carbocycles. The Morgan fingerprint density at radius 1 is 1.33 bits per heavy atom. The van der Waals surface area contributed by atoms with Crippen LogP contribution in [0, 0.1) is 0 Å². The van der Waals surface area contributed by atoms with Crippen molar-refractivity contribution in [3.63, 3.8) is 0 Å². The van der Waals surface area contributed by atoms with Gasteiger partial charge in [0.15, 0.2) is 5.96 Å². The van der Waals surface area contributed by atoms with Crippen LogP contribution in [0.3, 0.4) is 0 Å². The predicted octanol–water partition coefficient (Wildman–Crippen LogP) is 0.991. The molecule has 2 aromatic rings. The van der Waals surface area contributed by atoms with E-state index in [4.69, 9.17) is 4.74 Å². The van der Waals surface area contributed by atoms with Crippen LogP contribution in [0.1, 0.15) is 11.1 Å². The number of benzene rings is 1. The number of carbonyl (C=O) groups is 1. The van der Waals surface area contributed by atoms with E-state index in [2.05, 4.69) is 27.5 Å². The summed E-state index contributed by atoms with van der Waals surface area (Å²) in [5.41, 5.74) is 3.11. The van der Waals surface area contributed by atoms with Crippen molar-refractivity contribution in [2.24, 2.45) is 12.0 Å². The zero-order valence-electron chi connectivity index (χ0n) is 16.1.